The second-order valence-corrected chi connectivity index (χ2v) is 3.94. The molecular weight excluding hydrogens is 188 g/mol. The first-order chi connectivity index (χ1) is 7.24. The molecule has 0 heterocycles. The van der Waals surface area contributed by atoms with Crippen LogP contribution in [-0.4, -0.2) is 10.9 Å². The van der Waals surface area contributed by atoms with Gasteiger partial charge in [-0.2, -0.15) is 0 Å². The van der Waals surface area contributed by atoms with E-state index in [0.29, 0.717) is 18.6 Å². The van der Waals surface area contributed by atoms with E-state index in [0.717, 1.165) is 18.4 Å². The van der Waals surface area contributed by atoms with Gasteiger partial charge in [-0.05, 0) is 30.5 Å². The Hall–Kier alpha value is -1.57. The van der Waals surface area contributed by atoms with Crippen LogP contribution in [0.15, 0.2) is 29.8 Å². The fourth-order valence-corrected chi connectivity index (χ4v) is 1.84. The third-order valence-electron chi connectivity index (χ3n) is 2.69. The molecule has 1 aliphatic carbocycles. The second-order valence-electron chi connectivity index (χ2n) is 3.94. The van der Waals surface area contributed by atoms with Crippen molar-refractivity contribution >= 4 is 11.9 Å². The SMILES string of the molecule is O=C1CCC(=Cc2cccc(O)c2)CC1. The molecule has 2 heteroatoms. The summed E-state index contributed by atoms with van der Waals surface area (Å²) in [5, 5.41) is 9.30. The van der Waals surface area contributed by atoms with Crippen molar-refractivity contribution in [2.75, 3.05) is 0 Å². The van der Waals surface area contributed by atoms with E-state index in [1.165, 1.54) is 5.57 Å². The number of ketones is 1. The van der Waals surface area contributed by atoms with Crippen LogP contribution in [0.25, 0.3) is 6.08 Å². The monoisotopic (exact) mass is 202 g/mol. The molecule has 2 nitrogen and oxygen atoms in total. The maximum atomic E-state index is 11.0. The fourth-order valence-electron chi connectivity index (χ4n) is 1.84. The molecule has 1 aromatic rings. The fraction of sp³-hybridized carbons (Fsp3) is 0.308. The molecule has 0 unspecified atom stereocenters. The molecule has 15 heavy (non-hydrogen) atoms. The van der Waals surface area contributed by atoms with Crippen LogP contribution in [0.5, 0.6) is 5.75 Å². The number of hydrogen-bond acceptors (Lipinski definition) is 2. The van der Waals surface area contributed by atoms with E-state index in [1.54, 1.807) is 12.1 Å². The first-order valence-corrected chi connectivity index (χ1v) is 5.24. The Kier molecular flexibility index (Phi) is 2.86. The predicted octanol–water partition coefficient (Wildman–Crippen LogP) is 2.92. The highest BCUT2D eigenvalue weighted by atomic mass is 16.3. The van der Waals surface area contributed by atoms with Crippen LogP contribution < -0.4 is 0 Å². The zero-order valence-corrected chi connectivity index (χ0v) is 8.57. The predicted molar refractivity (Wildman–Crippen MR) is 59.6 cm³/mol. The summed E-state index contributed by atoms with van der Waals surface area (Å²) in [4.78, 5) is 11.0. The summed E-state index contributed by atoms with van der Waals surface area (Å²) >= 11 is 0. The zero-order valence-electron chi connectivity index (χ0n) is 8.57. The highest BCUT2D eigenvalue weighted by Crippen LogP contribution is 2.23. The Labute approximate surface area is 89.2 Å². The number of rotatable bonds is 1. The Morgan fingerprint density at radius 1 is 1.13 bits per heavy atom. The molecule has 1 aromatic carbocycles. The smallest absolute Gasteiger partial charge is 0.133 e. The summed E-state index contributed by atoms with van der Waals surface area (Å²) in [6.45, 7) is 0. The van der Waals surface area contributed by atoms with E-state index in [2.05, 4.69) is 6.08 Å². The zero-order chi connectivity index (χ0) is 10.7. The van der Waals surface area contributed by atoms with E-state index in [9.17, 15) is 9.90 Å². The van der Waals surface area contributed by atoms with Crippen LogP contribution in [0.4, 0.5) is 0 Å². The first-order valence-electron chi connectivity index (χ1n) is 5.24. The van der Waals surface area contributed by atoms with Gasteiger partial charge < -0.3 is 5.11 Å². The normalized spacial score (nSPS) is 16.5. The third kappa shape index (κ3) is 2.69. The molecule has 78 valence electrons. The van der Waals surface area contributed by atoms with Gasteiger partial charge in [0.25, 0.3) is 0 Å². The lowest BCUT2D eigenvalue weighted by Gasteiger charge is -2.12. The minimum absolute atomic E-state index is 0.288. The van der Waals surface area contributed by atoms with E-state index in [4.69, 9.17) is 0 Å². The molecule has 2 rings (SSSR count). The number of carbonyl (C=O) groups excluding carboxylic acids is 1. The summed E-state index contributed by atoms with van der Waals surface area (Å²) in [6, 6.07) is 7.19. The highest BCUT2D eigenvalue weighted by molar-refractivity contribution is 5.80. The van der Waals surface area contributed by atoms with Crippen molar-refractivity contribution in [1.82, 2.24) is 0 Å². The number of aromatic hydroxyl groups is 1. The van der Waals surface area contributed by atoms with Gasteiger partial charge in [-0.1, -0.05) is 23.8 Å². The summed E-state index contributed by atoms with van der Waals surface area (Å²) in [7, 11) is 0. The number of phenols is 1. The van der Waals surface area contributed by atoms with Gasteiger partial charge in [0.2, 0.25) is 0 Å². The lowest BCUT2D eigenvalue weighted by molar-refractivity contribution is -0.119. The molecule has 0 atom stereocenters. The minimum Gasteiger partial charge on any atom is -0.508 e. The van der Waals surface area contributed by atoms with Crippen LogP contribution in [0, 0.1) is 0 Å². The molecular formula is C13H14O2. The minimum atomic E-state index is 0.288. The second kappa shape index (κ2) is 4.30. The van der Waals surface area contributed by atoms with Crippen LogP contribution in [0.1, 0.15) is 31.2 Å². The van der Waals surface area contributed by atoms with Gasteiger partial charge in [0.05, 0.1) is 0 Å². The van der Waals surface area contributed by atoms with Gasteiger partial charge >= 0.3 is 0 Å². The topological polar surface area (TPSA) is 37.3 Å². The van der Waals surface area contributed by atoms with Gasteiger partial charge in [0.1, 0.15) is 11.5 Å². The molecule has 0 saturated heterocycles. The maximum absolute atomic E-state index is 11.0. The van der Waals surface area contributed by atoms with E-state index < -0.39 is 0 Å². The molecule has 0 bridgehead atoms. The molecule has 0 aromatic heterocycles. The summed E-state index contributed by atoms with van der Waals surface area (Å²) in [6.07, 6.45) is 5.16. The number of benzene rings is 1. The van der Waals surface area contributed by atoms with Crippen LogP contribution in [-0.2, 0) is 4.79 Å². The average molecular weight is 202 g/mol. The maximum Gasteiger partial charge on any atom is 0.133 e. The third-order valence-corrected chi connectivity index (χ3v) is 2.69. The van der Waals surface area contributed by atoms with Gasteiger partial charge in [-0.3, -0.25) is 4.79 Å². The standard InChI is InChI=1S/C13H14O2/c14-12-6-4-10(5-7-12)8-11-2-1-3-13(15)9-11/h1-3,8-9,15H,4-7H2. The Morgan fingerprint density at radius 3 is 2.53 bits per heavy atom. The van der Waals surface area contributed by atoms with Crippen molar-refractivity contribution in [3.63, 3.8) is 0 Å². The molecule has 1 saturated carbocycles. The Bertz CT molecular complexity index is 393. The Morgan fingerprint density at radius 2 is 1.87 bits per heavy atom. The quantitative estimate of drug-likeness (QED) is 0.760. The lowest BCUT2D eigenvalue weighted by atomic mass is 9.92. The van der Waals surface area contributed by atoms with E-state index in [-0.39, 0.29) is 5.75 Å². The molecule has 0 aliphatic heterocycles. The van der Waals surface area contributed by atoms with Gasteiger partial charge in [-0.25, -0.2) is 0 Å². The van der Waals surface area contributed by atoms with E-state index >= 15 is 0 Å². The molecule has 1 aliphatic rings. The van der Waals surface area contributed by atoms with Gasteiger partial charge in [-0.15, -0.1) is 0 Å². The molecule has 1 fully saturated rings. The number of carbonyl (C=O) groups is 1. The van der Waals surface area contributed by atoms with Crippen LogP contribution in [0.3, 0.4) is 0 Å². The first kappa shape index (κ1) is 9.97. The van der Waals surface area contributed by atoms with Crippen LogP contribution in [0.2, 0.25) is 0 Å². The van der Waals surface area contributed by atoms with Crippen molar-refractivity contribution in [3.05, 3.63) is 35.4 Å². The Balaban J connectivity index is 2.13. The summed E-state index contributed by atoms with van der Waals surface area (Å²) in [5.41, 5.74) is 2.32. The average Bonchev–Trinajstić information content (AvgIpc) is 2.22. The number of hydrogen-bond donors (Lipinski definition) is 1. The van der Waals surface area contributed by atoms with Crippen molar-refractivity contribution < 1.29 is 9.90 Å². The number of phenolic OH excluding ortho intramolecular Hbond substituents is 1. The molecule has 0 amide bonds. The molecule has 1 N–H and O–H groups in total. The van der Waals surface area contributed by atoms with Crippen molar-refractivity contribution in [2.24, 2.45) is 0 Å². The lowest BCUT2D eigenvalue weighted by Crippen LogP contribution is -2.05. The van der Waals surface area contributed by atoms with Crippen molar-refractivity contribution in [1.29, 1.82) is 0 Å². The number of allylic oxidation sites excluding steroid dienone is 1. The highest BCUT2D eigenvalue weighted by Gasteiger charge is 2.12. The van der Waals surface area contributed by atoms with Crippen molar-refractivity contribution in [2.45, 2.75) is 25.7 Å². The summed E-state index contributed by atoms with van der Waals surface area (Å²) in [5.74, 6) is 0.652. The largest absolute Gasteiger partial charge is 0.508 e. The number of Topliss-reactive ketones (excluding diaryl/α,β-unsaturated/α-hetero) is 1. The van der Waals surface area contributed by atoms with Gasteiger partial charge in [0.15, 0.2) is 0 Å². The summed E-state index contributed by atoms with van der Waals surface area (Å²) < 4.78 is 0. The van der Waals surface area contributed by atoms with Crippen LogP contribution >= 0.6 is 0 Å². The molecule has 0 spiro atoms. The molecule has 0 radical (unpaired) electrons. The van der Waals surface area contributed by atoms with E-state index in [1.807, 2.05) is 12.1 Å². The van der Waals surface area contributed by atoms with Gasteiger partial charge in [0, 0.05) is 12.8 Å². The van der Waals surface area contributed by atoms with Crippen molar-refractivity contribution in [3.8, 4) is 5.75 Å².